The van der Waals surface area contributed by atoms with Crippen molar-refractivity contribution in [1.82, 2.24) is 0 Å². The van der Waals surface area contributed by atoms with E-state index in [1.165, 1.54) is 0 Å². The van der Waals surface area contributed by atoms with Gasteiger partial charge in [-0.25, -0.2) is 14.7 Å². The SMILES string of the molecule is CCOOBOOC(C)OOCC. The van der Waals surface area contributed by atoms with Gasteiger partial charge >= 0.3 is 7.69 Å². The topological polar surface area (TPSA) is 55.4 Å². The first-order chi connectivity index (χ1) is 6.31. The summed E-state index contributed by atoms with van der Waals surface area (Å²) in [4.78, 5) is 27.4. The van der Waals surface area contributed by atoms with Crippen LogP contribution >= 0.6 is 0 Å². The molecule has 0 amide bonds. The van der Waals surface area contributed by atoms with E-state index in [4.69, 9.17) is 0 Å². The highest BCUT2D eigenvalue weighted by molar-refractivity contribution is 6.17. The lowest BCUT2D eigenvalue weighted by Gasteiger charge is -2.10. The fraction of sp³-hybridized carbons (Fsp3) is 1.00. The molecule has 0 saturated carbocycles. The van der Waals surface area contributed by atoms with Crippen molar-refractivity contribution in [3.63, 3.8) is 0 Å². The lowest BCUT2D eigenvalue weighted by molar-refractivity contribution is -0.435. The van der Waals surface area contributed by atoms with Gasteiger partial charge in [-0.3, -0.25) is 14.5 Å². The van der Waals surface area contributed by atoms with Gasteiger partial charge < -0.3 is 0 Å². The molecule has 0 aliphatic heterocycles. The Balaban J connectivity index is 3.03. The summed E-state index contributed by atoms with van der Waals surface area (Å²) >= 11 is 0. The van der Waals surface area contributed by atoms with Crippen LogP contribution in [0.5, 0.6) is 0 Å². The number of hydrogen-bond acceptors (Lipinski definition) is 6. The van der Waals surface area contributed by atoms with Gasteiger partial charge in [0.2, 0.25) is 6.29 Å². The van der Waals surface area contributed by atoms with E-state index in [0.29, 0.717) is 13.2 Å². The molecular weight excluding hydrogens is 179 g/mol. The Bertz CT molecular complexity index is 103. The van der Waals surface area contributed by atoms with Crippen LogP contribution in [0.15, 0.2) is 0 Å². The first-order valence-corrected chi connectivity index (χ1v) is 4.12. The summed E-state index contributed by atoms with van der Waals surface area (Å²) in [6.45, 7) is 6.11. The monoisotopic (exact) mass is 194 g/mol. The Hall–Kier alpha value is -0.175. The van der Waals surface area contributed by atoms with Crippen molar-refractivity contribution in [3.05, 3.63) is 0 Å². The van der Waals surface area contributed by atoms with Crippen molar-refractivity contribution < 1.29 is 29.2 Å². The third kappa shape index (κ3) is 9.74. The van der Waals surface area contributed by atoms with Crippen LogP contribution in [0, 0.1) is 0 Å². The maximum Gasteiger partial charge on any atom is 0.506 e. The van der Waals surface area contributed by atoms with Crippen molar-refractivity contribution in [3.8, 4) is 0 Å². The first kappa shape index (κ1) is 12.8. The Morgan fingerprint density at radius 1 is 1.00 bits per heavy atom. The molecule has 0 aromatic carbocycles. The molecule has 13 heavy (non-hydrogen) atoms. The van der Waals surface area contributed by atoms with Crippen LogP contribution in [0.2, 0.25) is 0 Å². The minimum atomic E-state index is -0.606. The molecule has 0 aromatic rings. The van der Waals surface area contributed by atoms with Crippen LogP contribution in [0.1, 0.15) is 20.8 Å². The van der Waals surface area contributed by atoms with Crippen LogP contribution in [0.4, 0.5) is 0 Å². The summed E-state index contributed by atoms with van der Waals surface area (Å²) < 4.78 is 0. The third-order valence-electron chi connectivity index (χ3n) is 0.822. The Morgan fingerprint density at radius 3 is 2.31 bits per heavy atom. The molecule has 1 unspecified atom stereocenters. The summed E-state index contributed by atoms with van der Waals surface area (Å²) in [6.07, 6.45) is -0.606. The molecule has 6 nitrogen and oxygen atoms in total. The Kier molecular flexibility index (Phi) is 9.78. The fourth-order valence-corrected chi connectivity index (χ4v) is 0.440. The second kappa shape index (κ2) is 9.91. The number of rotatable bonds is 9. The van der Waals surface area contributed by atoms with E-state index in [1.54, 1.807) is 20.8 Å². The molecule has 0 N–H and O–H groups in total. The second-order valence-electron chi connectivity index (χ2n) is 1.93. The van der Waals surface area contributed by atoms with E-state index >= 15 is 0 Å². The van der Waals surface area contributed by atoms with Crippen LogP contribution in [0.3, 0.4) is 0 Å². The van der Waals surface area contributed by atoms with Crippen molar-refractivity contribution in [2.24, 2.45) is 0 Å². The van der Waals surface area contributed by atoms with E-state index in [0.717, 1.165) is 0 Å². The fourth-order valence-electron chi connectivity index (χ4n) is 0.440. The summed E-state index contributed by atoms with van der Waals surface area (Å²) in [7, 11) is -0.117. The van der Waals surface area contributed by atoms with E-state index in [-0.39, 0.29) is 7.69 Å². The highest BCUT2D eigenvalue weighted by atomic mass is 17.3. The van der Waals surface area contributed by atoms with Gasteiger partial charge in [-0.05, 0) is 20.8 Å². The van der Waals surface area contributed by atoms with Gasteiger partial charge in [0.15, 0.2) is 0 Å². The van der Waals surface area contributed by atoms with Crippen LogP contribution in [0.25, 0.3) is 0 Å². The van der Waals surface area contributed by atoms with Crippen LogP contribution in [-0.2, 0) is 29.2 Å². The van der Waals surface area contributed by atoms with Gasteiger partial charge in [0.1, 0.15) is 0 Å². The highest BCUT2D eigenvalue weighted by Crippen LogP contribution is 1.94. The zero-order valence-electron chi connectivity index (χ0n) is 8.15. The minimum Gasteiger partial charge on any atom is -0.266 e. The lowest BCUT2D eigenvalue weighted by Crippen LogP contribution is -2.16. The summed E-state index contributed by atoms with van der Waals surface area (Å²) in [6, 6.07) is 0. The van der Waals surface area contributed by atoms with E-state index in [1.807, 2.05) is 0 Å². The normalized spacial score (nSPS) is 12.8. The average molecular weight is 194 g/mol. The molecule has 0 heterocycles. The van der Waals surface area contributed by atoms with Crippen molar-refractivity contribution in [2.45, 2.75) is 27.1 Å². The summed E-state index contributed by atoms with van der Waals surface area (Å²) in [5, 5.41) is 0. The zero-order valence-corrected chi connectivity index (χ0v) is 8.15. The molecule has 0 radical (unpaired) electrons. The molecule has 0 saturated heterocycles. The van der Waals surface area contributed by atoms with Crippen LogP contribution in [-0.4, -0.2) is 27.2 Å². The van der Waals surface area contributed by atoms with Gasteiger partial charge in [-0.15, -0.1) is 0 Å². The predicted octanol–water partition coefficient (Wildman–Crippen LogP) is 0.483. The maximum atomic E-state index is 4.65. The van der Waals surface area contributed by atoms with Gasteiger partial charge in [0, 0.05) is 0 Å². The molecule has 0 aromatic heterocycles. The van der Waals surface area contributed by atoms with Crippen molar-refractivity contribution >= 4 is 7.69 Å². The van der Waals surface area contributed by atoms with Gasteiger partial charge in [0.05, 0.1) is 13.2 Å². The van der Waals surface area contributed by atoms with Gasteiger partial charge in [0.25, 0.3) is 0 Å². The molecule has 0 aliphatic carbocycles. The summed E-state index contributed by atoms with van der Waals surface area (Å²) in [5.74, 6) is 0. The molecule has 1 atom stereocenters. The average Bonchev–Trinajstić information content (AvgIpc) is 2.14. The molecule has 0 fully saturated rings. The molecule has 0 spiro atoms. The maximum absolute atomic E-state index is 4.65. The quantitative estimate of drug-likeness (QED) is 0.175. The smallest absolute Gasteiger partial charge is 0.266 e. The summed E-state index contributed by atoms with van der Waals surface area (Å²) in [5.41, 5.74) is 0. The predicted molar refractivity (Wildman–Crippen MR) is 44.2 cm³/mol. The minimum absolute atomic E-state index is 0.117. The molecule has 0 rings (SSSR count). The number of hydrogen-bond donors (Lipinski definition) is 0. The molecule has 7 heteroatoms. The Labute approximate surface area is 78.1 Å². The van der Waals surface area contributed by atoms with E-state index < -0.39 is 6.29 Å². The van der Waals surface area contributed by atoms with Crippen molar-refractivity contribution in [1.29, 1.82) is 0 Å². The molecule has 0 aliphatic rings. The molecule has 78 valence electrons. The largest absolute Gasteiger partial charge is 0.506 e. The third-order valence-corrected chi connectivity index (χ3v) is 0.822. The van der Waals surface area contributed by atoms with E-state index in [2.05, 4.69) is 29.2 Å². The first-order valence-electron chi connectivity index (χ1n) is 4.12. The Morgan fingerprint density at radius 2 is 1.69 bits per heavy atom. The molecular formula is C6H15BO6. The highest BCUT2D eigenvalue weighted by Gasteiger charge is 2.04. The molecule has 0 bridgehead atoms. The van der Waals surface area contributed by atoms with Crippen molar-refractivity contribution in [2.75, 3.05) is 13.2 Å². The second-order valence-corrected chi connectivity index (χ2v) is 1.93. The van der Waals surface area contributed by atoms with Crippen LogP contribution < -0.4 is 0 Å². The van der Waals surface area contributed by atoms with Gasteiger partial charge in [-0.2, -0.15) is 0 Å². The standard InChI is InChI=1S/C6H15BO6/c1-4-8-10-6(3)11-13-7-12-9-5-2/h6-7H,4-5H2,1-3H3. The zero-order chi connectivity index (χ0) is 9.94. The van der Waals surface area contributed by atoms with E-state index in [9.17, 15) is 0 Å². The van der Waals surface area contributed by atoms with Gasteiger partial charge in [-0.1, -0.05) is 0 Å². The lowest BCUT2D eigenvalue weighted by atomic mass is 10.4.